The van der Waals surface area contributed by atoms with Gasteiger partial charge in [0.05, 0.1) is 25.4 Å². The van der Waals surface area contributed by atoms with Crippen LogP contribution in [0.1, 0.15) is 155 Å². The van der Waals surface area contributed by atoms with Crippen molar-refractivity contribution >= 4 is 19.8 Å². The molecular formula is C45H76NO9P. The highest BCUT2D eigenvalue weighted by molar-refractivity contribution is 7.47. The summed E-state index contributed by atoms with van der Waals surface area (Å²) in [6.07, 6.45) is 46.9. The van der Waals surface area contributed by atoms with Crippen molar-refractivity contribution in [2.24, 2.45) is 5.73 Å². The van der Waals surface area contributed by atoms with E-state index < -0.39 is 32.5 Å². The van der Waals surface area contributed by atoms with Crippen LogP contribution in [0.25, 0.3) is 0 Å². The Labute approximate surface area is 339 Å². The van der Waals surface area contributed by atoms with Crippen LogP contribution in [0.5, 0.6) is 0 Å². The molecule has 320 valence electrons. The van der Waals surface area contributed by atoms with E-state index in [9.17, 15) is 19.0 Å². The monoisotopic (exact) mass is 806 g/mol. The van der Waals surface area contributed by atoms with Gasteiger partial charge in [-0.3, -0.25) is 18.6 Å². The van der Waals surface area contributed by atoms with Gasteiger partial charge in [0.15, 0.2) is 6.10 Å². The largest absolute Gasteiger partial charge is 0.472 e. The predicted molar refractivity (Wildman–Crippen MR) is 228 cm³/mol. The number of hydrogen-bond acceptors (Lipinski definition) is 9. The summed E-state index contributed by atoms with van der Waals surface area (Å²) in [5.41, 5.74) is 5.34. The maximum atomic E-state index is 12.6. The lowest BCUT2D eigenvalue weighted by molar-refractivity contribution is -0.161. The minimum Gasteiger partial charge on any atom is -0.462 e. The summed E-state index contributed by atoms with van der Waals surface area (Å²) in [6.45, 7) is 3.54. The number of phosphoric acid groups is 1. The first-order valence-corrected chi connectivity index (χ1v) is 23.0. The Morgan fingerprint density at radius 2 is 1.09 bits per heavy atom. The number of esters is 2. The number of epoxide rings is 1. The number of carbonyl (C=O) groups is 2. The number of nitrogens with two attached hydrogens (primary N) is 1. The van der Waals surface area contributed by atoms with Gasteiger partial charge < -0.3 is 24.8 Å². The van der Waals surface area contributed by atoms with E-state index in [2.05, 4.69) is 74.6 Å². The third-order valence-electron chi connectivity index (χ3n) is 8.97. The first-order valence-electron chi connectivity index (χ1n) is 21.5. The summed E-state index contributed by atoms with van der Waals surface area (Å²) in [5, 5.41) is 0. The van der Waals surface area contributed by atoms with Crippen molar-refractivity contribution < 1.29 is 42.3 Å². The van der Waals surface area contributed by atoms with Crippen molar-refractivity contribution in [3.8, 4) is 0 Å². The van der Waals surface area contributed by atoms with E-state index in [1.807, 2.05) is 12.2 Å². The molecule has 0 aromatic heterocycles. The molecule has 0 spiro atoms. The van der Waals surface area contributed by atoms with E-state index in [-0.39, 0.29) is 32.6 Å². The number of phosphoric ester groups is 1. The second-order valence-electron chi connectivity index (χ2n) is 14.2. The molecule has 1 heterocycles. The molecule has 10 nitrogen and oxygen atoms in total. The summed E-state index contributed by atoms with van der Waals surface area (Å²) in [5.74, 6) is -0.968. The van der Waals surface area contributed by atoms with E-state index >= 15 is 0 Å². The van der Waals surface area contributed by atoms with E-state index in [1.165, 1.54) is 57.8 Å². The number of rotatable bonds is 38. The second kappa shape index (κ2) is 36.7. The lowest BCUT2D eigenvalue weighted by Crippen LogP contribution is -2.29. The van der Waals surface area contributed by atoms with Gasteiger partial charge in [0.25, 0.3) is 0 Å². The minimum atomic E-state index is -4.41. The average Bonchev–Trinajstić information content (AvgIpc) is 3.94. The highest BCUT2D eigenvalue weighted by atomic mass is 31.2. The van der Waals surface area contributed by atoms with Gasteiger partial charge in [-0.2, -0.15) is 0 Å². The molecule has 1 fully saturated rings. The Hall–Kier alpha value is -2.59. The molecule has 0 aliphatic carbocycles. The number of carbonyl (C=O) groups excluding carboxylic acids is 2. The highest BCUT2D eigenvalue weighted by Gasteiger charge is 2.36. The summed E-state index contributed by atoms with van der Waals surface area (Å²) < 4.78 is 38.4. The molecule has 3 unspecified atom stereocenters. The van der Waals surface area contributed by atoms with Gasteiger partial charge in [-0.15, -0.1) is 0 Å². The molecular weight excluding hydrogens is 729 g/mol. The molecule has 3 N–H and O–H groups in total. The van der Waals surface area contributed by atoms with E-state index in [0.717, 1.165) is 51.4 Å². The smallest absolute Gasteiger partial charge is 0.462 e. The predicted octanol–water partition coefficient (Wildman–Crippen LogP) is 11.3. The minimum absolute atomic E-state index is 0.0328. The summed E-state index contributed by atoms with van der Waals surface area (Å²) in [7, 11) is -4.41. The van der Waals surface area contributed by atoms with Gasteiger partial charge in [0.2, 0.25) is 0 Å². The maximum Gasteiger partial charge on any atom is 0.472 e. The molecule has 1 rings (SSSR count). The first-order chi connectivity index (χ1) is 27.3. The normalized spacial score (nSPS) is 17.6. The van der Waals surface area contributed by atoms with Gasteiger partial charge >= 0.3 is 19.8 Å². The molecule has 0 amide bonds. The fourth-order valence-corrected chi connectivity index (χ4v) is 6.39. The molecule has 1 aliphatic rings. The van der Waals surface area contributed by atoms with Crippen molar-refractivity contribution in [2.45, 2.75) is 173 Å². The SMILES string of the molecule is CCCCC/C=C\CC1OC1C/C=C\C/C=C\CCCC(=O)OC[C@H](COP(=O)(O)OCCN)OC(=O)CCC/C=C\C/C=C\C/C=C\CCCCCCCC. The third kappa shape index (κ3) is 33.5. The average molecular weight is 806 g/mol. The standard InChI is InChI=1S/C45H76NO9P/c1-3-5-7-9-11-12-13-14-15-16-17-18-19-20-23-28-32-36-45(48)54-41(40-53-56(49,50)52-38-37-46)39-51-44(47)35-31-27-24-21-22-26-30-34-43-42(55-43)33-29-25-10-8-6-4-2/h14-15,17-18,20-21,23-26,29-30,41-43H,3-13,16,19,22,27-28,31-40,46H2,1-2H3,(H,49,50)/b15-14-,18-17-,23-20-,24-21-,29-25-,30-26-/t41-,42?,43?/m1/s1. The molecule has 1 saturated heterocycles. The summed E-state index contributed by atoms with van der Waals surface area (Å²) >= 11 is 0. The lowest BCUT2D eigenvalue weighted by atomic mass is 10.1. The van der Waals surface area contributed by atoms with Crippen molar-refractivity contribution in [3.63, 3.8) is 0 Å². The number of hydrogen-bond donors (Lipinski definition) is 2. The molecule has 0 aromatic rings. The summed E-state index contributed by atoms with van der Waals surface area (Å²) in [4.78, 5) is 34.8. The Balaban J connectivity index is 2.27. The topological polar surface area (TPSA) is 147 Å². The lowest BCUT2D eigenvalue weighted by Gasteiger charge is -2.19. The highest BCUT2D eigenvalue weighted by Crippen LogP contribution is 2.43. The van der Waals surface area contributed by atoms with Crippen LogP contribution < -0.4 is 5.73 Å². The fraction of sp³-hybridized carbons (Fsp3) is 0.689. The summed E-state index contributed by atoms with van der Waals surface area (Å²) in [6, 6.07) is 0. The number of unbranched alkanes of at least 4 members (excludes halogenated alkanes) is 11. The van der Waals surface area contributed by atoms with E-state index in [4.69, 9.17) is 29.0 Å². The zero-order valence-corrected chi connectivity index (χ0v) is 35.7. The fourth-order valence-electron chi connectivity index (χ4n) is 5.62. The molecule has 11 heteroatoms. The van der Waals surface area contributed by atoms with Crippen LogP contribution in [-0.2, 0) is 37.4 Å². The zero-order chi connectivity index (χ0) is 40.8. The molecule has 0 saturated carbocycles. The van der Waals surface area contributed by atoms with Crippen LogP contribution >= 0.6 is 7.82 Å². The Morgan fingerprint density at radius 1 is 0.625 bits per heavy atom. The van der Waals surface area contributed by atoms with Crippen molar-refractivity contribution in [3.05, 3.63) is 72.9 Å². The Morgan fingerprint density at radius 3 is 1.70 bits per heavy atom. The molecule has 56 heavy (non-hydrogen) atoms. The molecule has 0 radical (unpaired) electrons. The first kappa shape index (κ1) is 51.4. The Bertz CT molecular complexity index is 1210. The van der Waals surface area contributed by atoms with Gasteiger partial charge in [-0.05, 0) is 83.5 Å². The van der Waals surface area contributed by atoms with Crippen LogP contribution in [-0.4, -0.2) is 61.5 Å². The second-order valence-corrected chi connectivity index (χ2v) is 15.7. The number of allylic oxidation sites excluding steroid dienone is 10. The zero-order valence-electron chi connectivity index (χ0n) is 34.8. The Kier molecular flexibility index (Phi) is 33.7. The van der Waals surface area contributed by atoms with Crippen molar-refractivity contribution in [2.75, 3.05) is 26.4 Å². The van der Waals surface area contributed by atoms with Crippen LogP contribution in [0.4, 0.5) is 0 Å². The molecule has 0 bridgehead atoms. The van der Waals surface area contributed by atoms with E-state index in [1.54, 1.807) is 0 Å². The molecule has 1 aliphatic heterocycles. The van der Waals surface area contributed by atoms with Gasteiger partial charge in [0, 0.05) is 19.4 Å². The van der Waals surface area contributed by atoms with E-state index in [0.29, 0.717) is 31.5 Å². The van der Waals surface area contributed by atoms with Gasteiger partial charge in [0.1, 0.15) is 6.61 Å². The van der Waals surface area contributed by atoms with Crippen LogP contribution in [0, 0.1) is 0 Å². The van der Waals surface area contributed by atoms with Gasteiger partial charge in [-0.25, -0.2) is 4.57 Å². The quantitative estimate of drug-likeness (QED) is 0.0203. The van der Waals surface area contributed by atoms with Crippen LogP contribution in [0.3, 0.4) is 0 Å². The van der Waals surface area contributed by atoms with Crippen molar-refractivity contribution in [1.29, 1.82) is 0 Å². The maximum absolute atomic E-state index is 12.6. The van der Waals surface area contributed by atoms with Crippen LogP contribution in [0.2, 0.25) is 0 Å². The third-order valence-corrected chi connectivity index (χ3v) is 9.95. The van der Waals surface area contributed by atoms with Crippen molar-refractivity contribution in [1.82, 2.24) is 0 Å². The number of ether oxygens (including phenoxy) is 3. The molecule has 0 aromatic carbocycles. The molecule has 4 atom stereocenters. The van der Waals surface area contributed by atoms with Crippen LogP contribution in [0.15, 0.2) is 72.9 Å². The van der Waals surface area contributed by atoms with Gasteiger partial charge in [-0.1, -0.05) is 132 Å².